The van der Waals surface area contributed by atoms with Crippen LogP contribution in [0.1, 0.15) is 44.9 Å². The van der Waals surface area contributed by atoms with Crippen LogP contribution in [0.5, 0.6) is 0 Å². The van der Waals surface area contributed by atoms with Crippen molar-refractivity contribution in [3.8, 4) is 0 Å². The summed E-state index contributed by atoms with van der Waals surface area (Å²) in [7, 11) is 0. The highest BCUT2D eigenvalue weighted by Gasteiger charge is 2.23. The van der Waals surface area contributed by atoms with Crippen molar-refractivity contribution >= 4 is 44.7 Å². The molecule has 4 aromatic rings. The Kier molecular flexibility index (Phi) is 6.34. The maximum Gasteiger partial charge on any atom is 0.266 e. The Bertz CT molecular complexity index is 1450. The van der Waals surface area contributed by atoms with Gasteiger partial charge in [0.15, 0.2) is 0 Å². The van der Waals surface area contributed by atoms with Gasteiger partial charge >= 0.3 is 0 Å². The Morgan fingerprint density at radius 1 is 1.00 bits per heavy atom. The fourth-order valence-corrected chi connectivity index (χ4v) is 5.10. The summed E-state index contributed by atoms with van der Waals surface area (Å²) in [6.45, 7) is 9.28. The molecule has 0 bridgehead atoms. The molecule has 7 nitrogen and oxygen atoms in total. The van der Waals surface area contributed by atoms with Crippen LogP contribution in [0.15, 0.2) is 53.6 Å². The van der Waals surface area contributed by atoms with Gasteiger partial charge in [0, 0.05) is 11.4 Å². The van der Waals surface area contributed by atoms with Gasteiger partial charge in [0.05, 0.1) is 16.6 Å². The molecule has 0 aliphatic heterocycles. The van der Waals surface area contributed by atoms with E-state index in [1.165, 1.54) is 22.2 Å². The monoisotopic (exact) mass is 474 g/mol. The van der Waals surface area contributed by atoms with Crippen molar-refractivity contribution in [3.05, 3.63) is 86.3 Å². The second-order valence-corrected chi connectivity index (χ2v) is 9.45. The molecule has 174 valence electrons. The van der Waals surface area contributed by atoms with Crippen LogP contribution in [0.4, 0.5) is 11.4 Å². The lowest BCUT2D eigenvalue weighted by molar-refractivity contribution is -0.118. The fourth-order valence-electron chi connectivity index (χ4n) is 4.07. The van der Waals surface area contributed by atoms with Crippen molar-refractivity contribution < 1.29 is 9.59 Å². The summed E-state index contributed by atoms with van der Waals surface area (Å²) in [6.07, 6.45) is 1.37. The molecule has 1 atom stereocenters. The van der Waals surface area contributed by atoms with Crippen molar-refractivity contribution in [1.29, 1.82) is 0 Å². The van der Waals surface area contributed by atoms with Gasteiger partial charge in [0.2, 0.25) is 5.91 Å². The van der Waals surface area contributed by atoms with E-state index in [-0.39, 0.29) is 17.4 Å². The molecular weight excluding hydrogens is 448 g/mol. The molecule has 0 fully saturated rings. The number of nitrogens with one attached hydrogen (secondary N) is 2. The van der Waals surface area contributed by atoms with Crippen molar-refractivity contribution in [3.63, 3.8) is 0 Å². The average molecular weight is 475 g/mol. The summed E-state index contributed by atoms with van der Waals surface area (Å²) in [4.78, 5) is 44.5. The molecule has 0 aliphatic rings. The van der Waals surface area contributed by atoms with Crippen LogP contribution >= 0.6 is 11.3 Å². The maximum atomic E-state index is 13.3. The molecule has 1 unspecified atom stereocenters. The number of amides is 2. The predicted molar refractivity (Wildman–Crippen MR) is 137 cm³/mol. The van der Waals surface area contributed by atoms with Crippen LogP contribution in [0.3, 0.4) is 0 Å². The highest BCUT2D eigenvalue weighted by molar-refractivity contribution is 7.20. The highest BCUT2D eigenvalue weighted by atomic mass is 32.1. The molecule has 2 amide bonds. The first kappa shape index (κ1) is 23.4. The van der Waals surface area contributed by atoms with Gasteiger partial charge in [0.25, 0.3) is 11.5 Å². The van der Waals surface area contributed by atoms with E-state index in [9.17, 15) is 14.4 Å². The minimum atomic E-state index is -0.787. The van der Waals surface area contributed by atoms with Crippen LogP contribution in [-0.2, 0) is 4.79 Å². The number of aryl methyl sites for hydroxylation is 4. The largest absolute Gasteiger partial charge is 0.324 e. The van der Waals surface area contributed by atoms with Crippen LogP contribution in [-0.4, -0.2) is 21.4 Å². The van der Waals surface area contributed by atoms with Gasteiger partial charge in [-0.1, -0.05) is 35.9 Å². The van der Waals surface area contributed by atoms with Crippen LogP contribution in [0.25, 0.3) is 10.2 Å². The number of rotatable bonds is 5. The molecule has 0 aliphatic carbocycles. The van der Waals surface area contributed by atoms with E-state index in [2.05, 4.69) is 15.6 Å². The number of fused-ring (bicyclic) bond motifs is 1. The van der Waals surface area contributed by atoms with Gasteiger partial charge in [-0.3, -0.25) is 19.0 Å². The van der Waals surface area contributed by atoms with Gasteiger partial charge in [-0.25, -0.2) is 4.98 Å². The highest BCUT2D eigenvalue weighted by Crippen LogP contribution is 2.28. The van der Waals surface area contributed by atoms with Gasteiger partial charge in [-0.15, -0.1) is 11.3 Å². The van der Waals surface area contributed by atoms with E-state index in [1.54, 1.807) is 26.0 Å². The van der Waals surface area contributed by atoms with Crippen LogP contribution in [0, 0.1) is 27.7 Å². The van der Waals surface area contributed by atoms with Gasteiger partial charge in [-0.2, -0.15) is 0 Å². The average Bonchev–Trinajstić information content (AvgIpc) is 3.14. The molecular formula is C26H26N4O3S. The molecule has 2 heterocycles. The van der Waals surface area contributed by atoms with Gasteiger partial charge < -0.3 is 10.6 Å². The summed E-state index contributed by atoms with van der Waals surface area (Å²) in [5.74, 6) is -0.609. The first-order chi connectivity index (χ1) is 16.2. The zero-order valence-electron chi connectivity index (χ0n) is 19.7. The lowest BCUT2D eigenvalue weighted by Gasteiger charge is -2.18. The number of para-hydroxylation sites is 1. The first-order valence-electron chi connectivity index (χ1n) is 10.9. The molecule has 0 radical (unpaired) electrons. The molecule has 34 heavy (non-hydrogen) atoms. The van der Waals surface area contributed by atoms with E-state index < -0.39 is 6.04 Å². The standard InChI is InChI=1S/C26H26N4O3S/c1-14-11-15(2)21(16(3)12-14)29-23(31)18(5)30-13-27-25-20(26(30)33)17(4)22(34-25)24(32)28-19-9-7-6-8-10-19/h6-13,18H,1-5H3,(H,28,32)(H,29,31). The van der Waals surface area contributed by atoms with E-state index >= 15 is 0 Å². The number of anilines is 2. The summed E-state index contributed by atoms with van der Waals surface area (Å²) >= 11 is 1.17. The minimum absolute atomic E-state index is 0.297. The van der Waals surface area contributed by atoms with E-state index in [0.717, 1.165) is 22.4 Å². The molecule has 2 aromatic heterocycles. The molecule has 0 saturated heterocycles. The Labute approximate surface area is 201 Å². The number of hydrogen-bond acceptors (Lipinski definition) is 5. The summed E-state index contributed by atoms with van der Waals surface area (Å²) < 4.78 is 1.31. The van der Waals surface area contributed by atoms with Crippen molar-refractivity contribution in [2.24, 2.45) is 0 Å². The van der Waals surface area contributed by atoms with Crippen LogP contribution in [0.2, 0.25) is 0 Å². The third-order valence-electron chi connectivity index (χ3n) is 5.84. The lowest BCUT2D eigenvalue weighted by Crippen LogP contribution is -2.32. The van der Waals surface area contributed by atoms with E-state index in [4.69, 9.17) is 0 Å². The fraction of sp³-hybridized carbons (Fsp3) is 0.231. The van der Waals surface area contributed by atoms with Gasteiger partial charge in [-0.05, 0) is 63.4 Å². The second kappa shape index (κ2) is 9.23. The number of carbonyl (C=O) groups is 2. The molecule has 2 aromatic carbocycles. The predicted octanol–water partition coefficient (Wildman–Crippen LogP) is 5.14. The number of thiophene rings is 1. The maximum absolute atomic E-state index is 13.3. The number of aromatic nitrogens is 2. The second-order valence-electron chi connectivity index (χ2n) is 8.45. The number of hydrogen-bond donors (Lipinski definition) is 2. The number of nitrogens with zero attached hydrogens (tertiary/aromatic N) is 2. The molecule has 2 N–H and O–H groups in total. The van der Waals surface area contributed by atoms with Crippen molar-refractivity contribution in [2.45, 2.75) is 40.7 Å². The molecule has 0 spiro atoms. The lowest BCUT2D eigenvalue weighted by atomic mass is 10.0. The molecule has 0 saturated carbocycles. The Morgan fingerprint density at radius 3 is 2.29 bits per heavy atom. The summed E-state index contributed by atoms with van der Waals surface area (Å²) in [6, 6.07) is 12.3. The zero-order valence-corrected chi connectivity index (χ0v) is 20.5. The van der Waals surface area contributed by atoms with E-state index in [0.29, 0.717) is 26.3 Å². The topological polar surface area (TPSA) is 93.1 Å². The smallest absolute Gasteiger partial charge is 0.266 e. The molecule has 4 rings (SSSR count). The normalized spacial score (nSPS) is 11.9. The quantitative estimate of drug-likeness (QED) is 0.419. The Balaban J connectivity index is 1.64. The number of carbonyl (C=O) groups excluding carboxylic acids is 2. The van der Waals surface area contributed by atoms with Crippen molar-refractivity contribution in [2.75, 3.05) is 10.6 Å². The third-order valence-corrected chi connectivity index (χ3v) is 7.03. The molecule has 8 heteroatoms. The first-order valence-corrected chi connectivity index (χ1v) is 11.7. The Morgan fingerprint density at radius 2 is 1.65 bits per heavy atom. The summed E-state index contributed by atoms with van der Waals surface area (Å²) in [5, 5.41) is 6.16. The summed E-state index contributed by atoms with van der Waals surface area (Å²) in [5.41, 5.74) is 4.66. The van der Waals surface area contributed by atoms with Crippen molar-refractivity contribution in [1.82, 2.24) is 9.55 Å². The third kappa shape index (κ3) is 4.36. The van der Waals surface area contributed by atoms with Gasteiger partial charge in [0.1, 0.15) is 10.9 Å². The zero-order chi connectivity index (χ0) is 24.6. The number of benzene rings is 2. The van der Waals surface area contributed by atoms with E-state index in [1.807, 2.05) is 51.1 Å². The minimum Gasteiger partial charge on any atom is -0.324 e. The SMILES string of the molecule is Cc1cc(C)c(NC(=O)C(C)n2cnc3sc(C(=O)Nc4ccccc4)c(C)c3c2=O)c(C)c1. The Hall–Kier alpha value is -3.78. The van der Waals surface area contributed by atoms with Crippen LogP contribution < -0.4 is 16.2 Å².